The van der Waals surface area contributed by atoms with Crippen LogP contribution in [0.3, 0.4) is 0 Å². The fraction of sp³-hybridized carbons (Fsp3) is 0.217. The third kappa shape index (κ3) is 5.27. The van der Waals surface area contributed by atoms with Gasteiger partial charge >= 0.3 is 6.03 Å². The Labute approximate surface area is 175 Å². The Bertz CT molecular complexity index is 930. The molecule has 0 saturated carbocycles. The van der Waals surface area contributed by atoms with Gasteiger partial charge in [-0.3, -0.25) is 10.3 Å². The Kier molecular flexibility index (Phi) is 6.41. The molecule has 7 nitrogen and oxygen atoms in total. The molecule has 0 aliphatic carbocycles. The first kappa shape index (κ1) is 19.7. The standard InChI is InChI=1S/C23H24N4O3/c28-23(27-15-13-24-14-16-27)26-22(30-21-7-4-12-25-17-21)18-8-10-20(11-9-18)29-19-5-2-1-3-6-19/h1-12,17,22,24H,13-16H2,(H,26,28)/t22-/m1/s1. The van der Waals surface area contributed by atoms with Crippen molar-refractivity contribution in [3.63, 3.8) is 0 Å². The quantitative estimate of drug-likeness (QED) is 0.615. The van der Waals surface area contributed by atoms with Gasteiger partial charge in [-0.15, -0.1) is 0 Å². The van der Waals surface area contributed by atoms with Crippen molar-refractivity contribution < 1.29 is 14.3 Å². The molecule has 2 heterocycles. The lowest BCUT2D eigenvalue weighted by Gasteiger charge is -2.30. The summed E-state index contributed by atoms with van der Waals surface area (Å²) in [5.41, 5.74) is 0.808. The second-order valence-corrected chi connectivity index (χ2v) is 6.86. The van der Waals surface area contributed by atoms with E-state index in [1.807, 2.05) is 60.7 Å². The highest BCUT2D eigenvalue weighted by atomic mass is 16.5. The second-order valence-electron chi connectivity index (χ2n) is 6.86. The van der Waals surface area contributed by atoms with E-state index in [0.717, 1.165) is 24.4 Å². The SMILES string of the molecule is O=C(N[C@H](Oc1cccnc1)c1ccc(Oc2ccccc2)cc1)N1CCNCC1. The molecule has 2 N–H and O–H groups in total. The number of rotatable bonds is 6. The Balaban J connectivity index is 1.49. The number of aromatic nitrogens is 1. The van der Waals surface area contributed by atoms with Gasteiger partial charge in [-0.05, 0) is 48.5 Å². The Hall–Kier alpha value is -3.58. The number of carbonyl (C=O) groups excluding carboxylic acids is 1. The lowest BCUT2D eigenvalue weighted by molar-refractivity contribution is 0.139. The Morgan fingerprint density at radius 1 is 0.933 bits per heavy atom. The van der Waals surface area contributed by atoms with Gasteiger partial charge in [0.05, 0.1) is 6.20 Å². The Morgan fingerprint density at radius 2 is 1.63 bits per heavy atom. The van der Waals surface area contributed by atoms with Crippen molar-refractivity contribution in [1.82, 2.24) is 20.5 Å². The Morgan fingerprint density at radius 3 is 2.33 bits per heavy atom. The minimum atomic E-state index is -0.651. The molecule has 4 rings (SSSR count). The van der Waals surface area contributed by atoms with Crippen LogP contribution in [-0.2, 0) is 0 Å². The fourth-order valence-corrected chi connectivity index (χ4v) is 3.14. The molecule has 0 bridgehead atoms. The molecule has 1 aliphatic heterocycles. The van der Waals surface area contributed by atoms with Crippen LogP contribution in [0.15, 0.2) is 79.1 Å². The number of amides is 2. The van der Waals surface area contributed by atoms with Gasteiger partial charge < -0.3 is 19.7 Å². The van der Waals surface area contributed by atoms with Gasteiger partial charge in [-0.25, -0.2) is 4.79 Å². The molecule has 0 unspecified atom stereocenters. The number of carbonyl (C=O) groups is 1. The van der Waals surface area contributed by atoms with Gasteiger partial charge in [0, 0.05) is 37.9 Å². The maximum absolute atomic E-state index is 12.7. The summed E-state index contributed by atoms with van der Waals surface area (Å²) in [5, 5.41) is 6.23. The summed E-state index contributed by atoms with van der Waals surface area (Å²) in [7, 11) is 0. The number of hydrogen-bond acceptors (Lipinski definition) is 5. The second kappa shape index (κ2) is 9.76. The van der Waals surface area contributed by atoms with E-state index in [-0.39, 0.29) is 6.03 Å². The van der Waals surface area contributed by atoms with E-state index >= 15 is 0 Å². The monoisotopic (exact) mass is 404 g/mol. The molecule has 1 aliphatic rings. The highest BCUT2D eigenvalue weighted by Crippen LogP contribution is 2.25. The van der Waals surface area contributed by atoms with Gasteiger partial charge in [-0.2, -0.15) is 0 Å². The molecule has 1 saturated heterocycles. The summed E-state index contributed by atoms with van der Waals surface area (Å²) in [5.74, 6) is 2.05. The third-order valence-corrected chi connectivity index (χ3v) is 4.71. The number of piperazine rings is 1. The van der Waals surface area contributed by atoms with E-state index in [4.69, 9.17) is 9.47 Å². The molecular formula is C23H24N4O3. The van der Waals surface area contributed by atoms with Gasteiger partial charge in [0.25, 0.3) is 0 Å². The zero-order chi connectivity index (χ0) is 20.6. The zero-order valence-corrected chi connectivity index (χ0v) is 16.5. The maximum atomic E-state index is 12.7. The van der Waals surface area contributed by atoms with Gasteiger partial charge in [0.15, 0.2) is 6.23 Å². The molecular weight excluding hydrogens is 380 g/mol. The molecule has 0 spiro atoms. The van der Waals surface area contributed by atoms with Crippen molar-refractivity contribution in [1.29, 1.82) is 0 Å². The van der Waals surface area contributed by atoms with Crippen LogP contribution in [-0.4, -0.2) is 42.1 Å². The van der Waals surface area contributed by atoms with Crippen LogP contribution in [0.1, 0.15) is 11.8 Å². The molecule has 3 aromatic rings. The van der Waals surface area contributed by atoms with E-state index in [9.17, 15) is 4.79 Å². The number of para-hydroxylation sites is 1. The molecule has 1 aromatic heterocycles. The van der Waals surface area contributed by atoms with E-state index in [1.54, 1.807) is 23.4 Å². The number of urea groups is 1. The van der Waals surface area contributed by atoms with Gasteiger partial charge in [-0.1, -0.05) is 18.2 Å². The number of hydrogen-bond donors (Lipinski definition) is 2. The summed E-state index contributed by atoms with van der Waals surface area (Å²) in [4.78, 5) is 18.6. The van der Waals surface area contributed by atoms with Crippen LogP contribution in [0.5, 0.6) is 17.2 Å². The lowest BCUT2D eigenvalue weighted by Crippen LogP contribution is -2.51. The van der Waals surface area contributed by atoms with Crippen molar-refractivity contribution in [2.45, 2.75) is 6.23 Å². The highest BCUT2D eigenvalue weighted by Gasteiger charge is 2.22. The topological polar surface area (TPSA) is 75.7 Å². The fourth-order valence-electron chi connectivity index (χ4n) is 3.14. The molecule has 30 heavy (non-hydrogen) atoms. The van der Waals surface area contributed by atoms with E-state index in [1.165, 1.54) is 0 Å². The van der Waals surface area contributed by atoms with Crippen LogP contribution in [0.2, 0.25) is 0 Å². The first-order valence-electron chi connectivity index (χ1n) is 9.94. The molecule has 0 radical (unpaired) electrons. The lowest BCUT2D eigenvalue weighted by atomic mass is 10.2. The first-order valence-corrected chi connectivity index (χ1v) is 9.94. The third-order valence-electron chi connectivity index (χ3n) is 4.71. The molecule has 1 atom stereocenters. The number of benzene rings is 2. The van der Waals surface area contributed by atoms with E-state index in [2.05, 4.69) is 15.6 Å². The maximum Gasteiger partial charge on any atom is 0.320 e. The van der Waals surface area contributed by atoms with Crippen molar-refractivity contribution in [2.24, 2.45) is 0 Å². The first-order chi connectivity index (χ1) is 14.8. The summed E-state index contributed by atoms with van der Waals surface area (Å²) in [6.07, 6.45) is 2.65. The van der Waals surface area contributed by atoms with E-state index < -0.39 is 6.23 Å². The molecule has 1 fully saturated rings. The number of nitrogens with zero attached hydrogens (tertiary/aromatic N) is 2. The average Bonchev–Trinajstić information content (AvgIpc) is 2.81. The van der Waals surface area contributed by atoms with E-state index in [0.29, 0.717) is 24.6 Å². The number of nitrogens with one attached hydrogen (secondary N) is 2. The predicted molar refractivity (Wildman–Crippen MR) is 114 cm³/mol. The number of pyridine rings is 1. The normalized spacial score (nSPS) is 14.6. The van der Waals surface area contributed by atoms with Gasteiger partial charge in [0.1, 0.15) is 17.2 Å². The summed E-state index contributed by atoms with van der Waals surface area (Å²) in [6, 6.07) is 20.5. The van der Waals surface area contributed by atoms with Crippen LogP contribution < -0.4 is 20.1 Å². The van der Waals surface area contributed by atoms with Crippen molar-refractivity contribution in [3.8, 4) is 17.2 Å². The summed E-state index contributed by atoms with van der Waals surface area (Å²) in [6.45, 7) is 2.89. The minimum absolute atomic E-state index is 0.157. The van der Waals surface area contributed by atoms with Crippen LogP contribution in [0.25, 0.3) is 0 Å². The van der Waals surface area contributed by atoms with Gasteiger partial charge in [0.2, 0.25) is 0 Å². The summed E-state index contributed by atoms with van der Waals surface area (Å²) >= 11 is 0. The zero-order valence-electron chi connectivity index (χ0n) is 16.5. The van der Waals surface area contributed by atoms with Crippen LogP contribution in [0.4, 0.5) is 4.79 Å². The summed E-state index contributed by atoms with van der Waals surface area (Å²) < 4.78 is 11.9. The van der Waals surface area contributed by atoms with Crippen LogP contribution in [0, 0.1) is 0 Å². The highest BCUT2D eigenvalue weighted by molar-refractivity contribution is 5.74. The molecule has 7 heteroatoms. The molecule has 2 aromatic carbocycles. The average molecular weight is 404 g/mol. The van der Waals surface area contributed by atoms with Crippen LogP contribution >= 0.6 is 0 Å². The van der Waals surface area contributed by atoms with Crippen molar-refractivity contribution in [3.05, 3.63) is 84.7 Å². The molecule has 2 amide bonds. The predicted octanol–water partition coefficient (Wildman–Crippen LogP) is 3.57. The molecule has 154 valence electrons. The smallest absolute Gasteiger partial charge is 0.320 e. The van der Waals surface area contributed by atoms with Crippen molar-refractivity contribution >= 4 is 6.03 Å². The largest absolute Gasteiger partial charge is 0.465 e. The van der Waals surface area contributed by atoms with Crippen molar-refractivity contribution in [2.75, 3.05) is 26.2 Å². The minimum Gasteiger partial charge on any atom is -0.465 e. The number of ether oxygens (including phenoxy) is 2.